The average Bonchev–Trinajstić information content (AvgIpc) is 3.16. The first-order chi connectivity index (χ1) is 12.9. The van der Waals surface area contributed by atoms with Crippen molar-refractivity contribution in [2.75, 3.05) is 6.54 Å². The first kappa shape index (κ1) is 26.1. The molecule has 1 heterocycles. The Morgan fingerprint density at radius 3 is 1.38 bits per heavy atom. The number of hydrogen-bond acceptors (Lipinski definition) is 1. The summed E-state index contributed by atoms with van der Waals surface area (Å²) in [6, 6.07) is 20.9. The Morgan fingerprint density at radius 2 is 0.962 bits per heavy atom. The molecule has 3 rings (SSSR count). The second-order valence-electron chi connectivity index (χ2n) is 4.55. The standard InChI is InChI=1S/C17H15N.4C2H6/c1-13-12-18-17(15-10-6-3-7-11-15)16(13)14-8-4-2-5-9-14;4*1-2/h2-11H,12H2,1H3;4*1-2H3. The van der Waals surface area contributed by atoms with Gasteiger partial charge < -0.3 is 0 Å². The van der Waals surface area contributed by atoms with Crippen LogP contribution in [0.15, 0.2) is 71.2 Å². The third-order valence-corrected chi connectivity index (χ3v) is 3.25. The van der Waals surface area contributed by atoms with Gasteiger partial charge >= 0.3 is 0 Å². The van der Waals surface area contributed by atoms with Gasteiger partial charge in [0.15, 0.2) is 0 Å². The molecule has 0 aliphatic carbocycles. The van der Waals surface area contributed by atoms with E-state index in [1.54, 1.807) is 0 Å². The van der Waals surface area contributed by atoms with Crippen LogP contribution in [0.1, 0.15) is 73.4 Å². The summed E-state index contributed by atoms with van der Waals surface area (Å²) in [5, 5.41) is 0. The minimum atomic E-state index is 0.814. The van der Waals surface area contributed by atoms with Gasteiger partial charge in [0.05, 0.1) is 12.3 Å². The van der Waals surface area contributed by atoms with Gasteiger partial charge in [-0.15, -0.1) is 0 Å². The highest BCUT2D eigenvalue weighted by atomic mass is 14.8. The molecule has 26 heavy (non-hydrogen) atoms. The molecule has 0 unspecified atom stereocenters. The third-order valence-electron chi connectivity index (χ3n) is 3.25. The monoisotopic (exact) mass is 353 g/mol. The second kappa shape index (κ2) is 17.7. The van der Waals surface area contributed by atoms with Gasteiger partial charge in [-0.25, -0.2) is 0 Å². The van der Waals surface area contributed by atoms with Crippen LogP contribution in [-0.4, -0.2) is 12.3 Å². The van der Waals surface area contributed by atoms with Gasteiger partial charge in [0.2, 0.25) is 0 Å². The van der Waals surface area contributed by atoms with Crippen molar-refractivity contribution in [1.29, 1.82) is 0 Å². The van der Waals surface area contributed by atoms with Crippen LogP contribution in [-0.2, 0) is 0 Å². The van der Waals surface area contributed by atoms with Crippen LogP contribution in [0.25, 0.3) is 5.57 Å². The first-order valence-corrected chi connectivity index (χ1v) is 10.2. The molecular formula is C25H39N. The molecule has 1 heteroatoms. The lowest BCUT2D eigenvalue weighted by molar-refractivity contribution is 1.18. The molecule has 1 nitrogen and oxygen atoms in total. The maximum atomic E-state index is 4.69. The summed E-state index contributed by atoms with van der Waals surface area (Å²) in [4.78, 5) is 4.69. The van der Waals surface area contributed by atoms with Crippen LogP contribution in [0, 0.1) is 0 Å². The number of benzene rings is 2. The minimum absolute atomic E-state index is 0.814. The number of aliphatic imine (C=N–C) groups is 1. The van der Waals surface area contributed by atoms with Gasteiger partial charge in [-0.3, -0.25) is 4.99 Å². The Morgan fingerprint density at radius 1 is 0.577 bits per heavy atom. The smallest absolute Gasteiger partial charge is 0.0729 e. The first-order valence-electron chi connectivity index (χ1n) is 10.2. The molecule has 0 amide bonds. The molecule has 2 aromatic rings. The Labute approximate surface area is 162 Å². The van der Waals surface area contributed by atoms with E-state index in [1.807, 2.05) is 67.5 Å². The summed E-state index contributed by atoms with van der Waals surface area (Å²) in [6.45, 7) is 19.0. The van der Waals surface area contributed by atoms with Gasteiger partial charge in [-0.05, 0) is 18.1 Å². The van der Waals surface area contributed by atoms with Crippen molar-refractivity contribution in [3.05, 3.63) is 77.4 Å². The summed E-state index contributed by atoms with van der Waals surface area (Å²) in [6.07, 6.45) is 0. The third kappa shape index (κ3) is 7.82. The fraction of sp³-hybridized carbons (Fsp3) is 0.400. The Balaban J connectivity index is 0. The second-order valence-corrected chi connectivity index (χ2v) is 4.55. The highest BCUT2D eigenvalue weighted by Crippen LogP contribution is 2.28. The zero-order valence-electron chi connectivity index (χ0n) is 18.4. The van der Waals surface area contributed by atoms with Crippen molar-refractivity contribution in [2.24, 2.45) is 4.99 Å². The van der Waals surface area contributed by atoms with E-state index in [-0.39, 0.29) is 0 Å². The molecule has 0 saturated carbocycles. The Kier molecular flexibility index (Phi) is 17.7. The normalized spacial score (nSPS) is 11.2. The van der Waals surface area contributed by atoms with E-state index >= 15 is 0 Å². The van der Waals surface area contributed by atoms with Crippen molar-refractivity contribution in [1.82, 2.24) is 0 Å². The molecule has 0 N–H and O–H groups in total. The maximum absolute atomic E-state index is 4.69. The Bertz CT molecular complexity index is 607. The Hall–Kier alpha value is -2.15. The molecule has 1 aliphatic rings. The highest BCUT2D eigenvalue weighted by molar-refractivity contribution is 6.33. The number of rotatable bonds is 2. The van der Waals surface area contributed by atoms with Crippen LogP contribution in [0.5, 0.6) is 0 Å². The molecule has 0 atom stereocenters. The van der Waals surface area contributed by atoms with Crippen molar-refractivity contribution < 1.29 is 0 Å². The van der Waals surface area contributed by atoms with Gasteiger partial charge in [-0.2, -0.15) is 0 Å². The molecule has 0 bridgehead atoms. The van der Waals surface area contributed by atoms with E-state index in [2.05, 4.69) is 60.4 Å². The summed E-state index contributed by atoms with van der Waals surface area (Å²) in [5.41, 5.74) is 6.23. The summed E-state index contributed by atoms with van der Waals surface area (Å²) in [7, 11) is 0. The van der Waals surface area contributed by atoms with Gasteiger partial charge in [0.1, 0.15) is 0 Å². The highest BCUT2D eigenvalue weighted by Gasteiger charge is 2.19. The van der Waals surface area contributed by atoms with E-state index in [1.165, 1.54) is 22.3 Å². The molecule has 1 aliphatic heterocycles. The van der Waals surface area contributed by atoms with E-state index < -0.39 is 0 Å². The molecule has 2 aromatic carbocycles. The van der Waals surface area contributed by atoms with Crippen LogP contribution in [0.2, 0.25) is 0 Å². The number of allylic oxidation sites excluding steroid dienone is 1. The molecule has 0 spiro atoms. The average molecular weight is 354 g/mol. The van der Waals surface area contributed by atoms with Gasteiger partial charge in [0.25, 0.3) is 0 Å². The van der Waals surface area contributed by atoms with Crippen molar-refractivity contribution in [3.8, 4) is 0 Å². The summed E-state index contributed by atoms with van der Waals surface area (Å²) < 4.78 is 0. The van der Waals surface area contributed by atoms with E-state index in [0.29, 0.717) is 0 Å². The minimum Gasteiger partial charge on any atom is -0.280 e. The van der Waals surface area contributed by atoms with E-state index in [9.17, 15) is 0 Å². The molecular weight excluding hydrogens is 314 g/mol. The zero-order chi connectivity index (χ0) is 20.4. The number of hydrogen-bond donors (Lipinski definition) is 0. The molecule has 0 radical (unpaired) electrons. The van der Waals surface area contributed by atoms with Crippen LogP contribution in [0.3, 0.4) is 0 Å². The summed E-state index contributed by atoms with van der Waals surface area (Å²) in [5.74, 6) is 0. The predicted molar refractivity (Wildman–Crippen MR) is 122 cm³/mol. The SMILES string of the molecule is CC.CC.CC.CC.CC1=C(c2ccccc2)C(c2ccccc2)=NC1. The molecule has 144 valence electrons. The fourth-order valence-corrected chi connectivity index (χ4v) is 2.38. The van der Waals surface area contributed by atoms with Crippen LogP contribution in [0.4, 0.5) is 0 Å². The van der Waals surface area contributed by atoms with E-state index in [4.69, 9.17) is 0 Å². The molecule has 0 fully saturated rings. The van der Waals surface area contributed by atoms with Crippen molar-refractivity contribution in [3.63, 3.8) is 0 Å². The topological polar surface area (TPSA) is 12.4 Å². The fourth-order valence-electron chi connectivity index (χ4n) is 2.38. The number of nitrogens with zero attached hydrogens (tertiary/aromatic N) is 1. The van der Waals surface area contributed by atoms with Gasteiger partial charge in [-0.1, -0.05) is 116 Å². The van der Waals surface area contributed by atoms with E-state index in [0.717, 1.165) is 12.3 Å². The summed E-state index contributed by atoms with van der Waals surface area (Å²) >= 11 is 0. The van der Waals surface area contributed by atoms with Gasteiger partial charge in [0, 0.05) is 11.1 Å². The lowest BCUT2D eigenvalue weighted by atomic mass is 9.94. The lowest BCUT2D eigenvalue weighted by Crippen LogP contribution is -2.01. The molecule has 0 saturated heterocycles. The van der Waals surface area contributed by atoms with Crippen LogP contribution >= 0.6 is 0 Å². The molecule has 0 aromatic heterocycles. The van der Waals surface area contributed by atoms with Crippen molar-refractivity contribution in [2.45, 2.75) is 62.3 Å². The van der Waals surface area contributed by atoms with Crippen LogP contribution < -0.4 is 0 Å². The largest absolute Gasteiger partial charge is 0.280 e. The quantitative estimate of drug-likeness (QED) is 0.517. The lowest BCUT2D eigenvalue weighted by Gasteiger charge is -2.09. The maximum Gasteiger partial charge on any atom is 0.0729 e. The van der Waals surface area contributed by atoms with Crippen molar-refractivity contribution >= 4 is 11.3 Å². The predicted octanol–water partition coefficient (Wildman–Crippen LogP) is 8.07. The zero-order valence-corrected chi connectivity index (χ0v) is 18.4.